The number of nitrogens with one attached hydrogen (secondary N) is 2. The zero-order valence-electron chi connectivity index (χ0n) is 20.6. The number of ether oxygens (including phenoxy) is 1. The van der Waals surface area contributed by atoms with E-state index in [9.17, 15) is 4.79 Å². The van der Waals surface area contributed by atoms with Gasteiger partial charge in [-0.2, -0.15) is 0 Å². The molecule has 0 spiro atoms. The van der Waals surface area contributed by atoms with Crippen molar-refractivity contribution in [2.75, 3.05) is 6.61 Å². The Morgan fingerprint density at radius 3 is 2.44 bits per heavy atom. The predicted octanol–water partition coefficient (Wildman–Crippen LogP) is 6.43. The number of rotatable bonds is 17. The SMILES string of the molecule is CCCOC1=CC(c2ccc[nH]2)=NC1=Cc1ccc(CCCCCCCCCCCC(N)=O)[nH]1. The molecule has 3 heterocycles. The van der Waals surface area contributed by atoms with Gasteiger partial charge < -0.3 is 20.4 Å². The molecule has 0 aliphatic carbocycles. The molecule has 0 radical (unpaired) electrons. The minimum atomic E-state index is -0.179. The summed E-state index contributed by atoms with van der Waals surface area (Å²) in [6, 6.07) is 8.31. The van der Waals surface area contributed by atoms with E-state index in [-0.39, 0.29) is 5.91 Å². The Labute approximate surface area is 203 Å². The number of allylic oxidation sites excluding steroid dienone is 1. The van der Waals surface area contributed by atoms with E-state index in [0.717, 1.165) is 54.2 Å². The summed E-state index contributed by atoms with van der Waals surface area (Å²) in [5, 5.41) is 0. The zero-order valence-corrected chi connectivity index (χ0v) is 20.6. The molecule has 2 aromatic rings. The van der Waals surface area contributed by atoms with Crippen molar-refractivity contribution in [2.45, 2.75) is 84.0 Å². The van der Waals surface area contributed by atoms with E-state index >= 15 is 0 Å². The van der Waals surface area contributed by atoms with Crippen LogP contribution in [0.3, 0.4) is 0 Å². The van der Waals surface area contributed by atoms with Gasteiger partial charge in [-0.3, -0.25) is 4.79 Å². The van der Waals surface area contributed by atoms with Gasteiger partial charge in [0, 0.05) is 30.1 Å². The van der Waals surface area contributed by atoms with Gasteiger partial charge in [0.05, 0.1) is 18.0 Å². The van der Waals surface area contributed by atoms with Gasteiger partial charge >= 0.3 is 0 Å². The fourth-order valence-electron chi connectivity index (χ4n) is 4.16. The van der Waals surface area contributed by atoms with Gasteiger partial charge in [0.2, 0.25) is 5.91 Å². The summed E-state index contributed by atoms with van der Waals surface area (Å²) in [6.07, 6.45) is 19.4. The first-order valence-electron chi connectivity index (χ1n) is 12.9. The lowest BCUT2D eigenvalue weighted by atomic mass is 10.1. The number of nitrogens with two attached hydrogens (primary N) is 1. The third-order valence-electron chi connectivity index (χ3n) is 6.03. The molecule has 2 aromatic heterocycles. The van der Waals surface area contributed by atoms with Crippen LogP contribution in [-0.4, -0.2) is 28.2 Å². The van der Waals surface area contributed by atoms with Crippen LogP contribution < -0.4 is 5.73 Å². The van der Waals surface area contributed by atoms with Crippen LogP contribution in [0.4, 0.5) is 0 Å². The van der Waals surface area contributed by atoms with E-state index in [2.05, 4.69) is 35.1 Å². The molecule has 1 aliphatic heterocycles. The fourth-order valence-corrected chi connectivity index (χ4v) is 4.16. The second kappa shape index (κ2) is 14.3. The number of H-pyrrole nitrogens is 2. The van der Waals surface area contributed by atoms with Crippen molar-refractivity contribution in [3.63, 3.8) is 0 Å². The number of primary amides is 1. The van der Waals surface area contributed by atoms with E-state index < -0.39 is 0 Å². The van der Waals surface area contributed by atoms with E-state index in [1.54, 1.807) is 0 Å². The first-order chi connectivity index (χ1) is 16.7. The number of aliphatic imine (C=N–C) groups is 1. The molecule has 1 amide bonds. The van der Waals surface area contributed by atoms with Crippen molar-refractivity contribution in [3.05, 3.63) is 65.1 Å². The topological polar surface area (TPSA) is 96.3 Å². The standard InChI is InChI=1S/C28H40N4O2/c1-2-19-34-27-21-25(24-14-12-18-30-24)32-26(27)20-23-17-16-22(31-23)13-10-8-6-4-3-5-7-9-11-15-28(29)33/h12,14,16-18,20-21,30-31H,2-11,13,15,19H2,1H3,(H2,29,33). The second-order valence-corrected chi connectivity index (χ2v) is 9.05. The average molecular weight is 465 g/mol. The summed E-state index contributed by atoms with van der Waals surface area (Å²) in [5.74, 6) is 0.651. The molecular weight excluding hydrogens is 424 g/mol. The van der Waals surface area contributed by atoms with Crippen molar-refractivity contribution in [3.8, 4) is 0 Å². The number of aryl methyl sites for hydroxylation is 1. The van der Waals surface area contributed by atoms with E-state index in [1.165, 1.54) is 50.6 Å². The molecule has 0 fully saturated rings. The molecule has 0 saturated carbocycles. The zero-order chi connectivity index (χ0) is 24.0. The summed E-state index contributed by atoms with van der Waals surface area (Å²) < 4.78 is 5.95. The summed E-state index contributed by atoms with van der Waals surface area (Å²) in [7, 11) is 0. The van der Waals surface area contributed by atoms with Gasteiger partial charge in [-0.15, -0.1) is 0 Å². The van der Waals surface area contributed by atoms with Gasteiger partial charge in [-0.25, -0.2) is 4.99 Å². The Hall–Kier alpha value is -3.02. The normalized spacial score (nSPS) is 14.4. The van der Waals surface area contributed by atoms with Gasteiger partial charge in [0.1, 0.15) is 11.5 Å². The van der Waals surface area contributed by atoms with Crippen LogP contribution in [0.15, 0.2) is 53.0 Å². The lowest BCUT2D eigenvalue weighted by Gasteiger charge is -2.05. The number of carbonyl (C=O) groups excluding carboxylic acids is 1. The second-order valence-electron chi connectivity index (χ2n) is 9.05. The first-order valence-corrected chi connectivity index (χ1v) is 12.9. The van der Waals surface area contributed by atoms with Crippen molar-refractivity contribution < 1.29 is 9.53 Å². The highest BCUT2D eigenvalue weighted by Crippen LogP contribution is 2.25. The lowest BCUT2D eigenvalue weighted by Crippen LogP contribution is -2.09. The maximum Gasteiger partial charge on any atom is 0.217 e. The summed E-state index contributed by atoms with van der Waals surface area (Å²) in [5.41, 5.74) is 10.3. The molecule has 1 aliphatic rings. The summed E-state index contributed by atoms with van der Waals surface area (Å²) in [6.45, 7) is 2.79. The summed E-state index contributed by atoms with van der Waals surface area (Å²) in [4.78, 5) is 22.3. The highest BCUT2D eigenvalue weighted by molar-refractivity contribution is 6.11. The molecule has 0 atom stereocenters. The lowest BCUT2D eigenvalue weighted by molar-refractivity contribution is -0.118. The number of amides is 1. The third kappa shape index (κ3) is 8.73. The predicted molar refractivity (Wildman–Crippen MR) is 139 cm³/mol. The van der Waals surface area contributed by atoms with Gasteiger partial charge in [-0.05, 0) is 56.0 Å². The van der Waals surface area contributed by atoms with Crippen LogP contribution in [0.2, 0.25) is 0 Å². The number of carbonyl (C=O) groups is 1. The van der Waals surface area contributed by atoms with Crippen LogP contribution in [0, 0.1) is 0 Å². The van der Waals surface area contributed by atoms with Crippen molar-refractivity contribution in [2.24, 2.45) is 10.7 Å². The molecule has 6 heteroatoms. The molecule has 34 heavy (non-hydrogen) atoms. The van der Waals surface area contributed by atoms with Gasteiger partial charge in [0.25, 0.3) is 0 Å². The van der Waals surface area contributed by atoms with E-state index in [4.69, 9.17) is 15.5 Å². The maximum atomic E-state index is 10.7. The monoisotopic (exact) mass is 464 g/mol. The minimum absolute atomic E-state index is 0.179. The third-order valence-corrected chi connectivity index (χ3v) is 6.03. The number of nitrogens with zero attached hydrogens (tertiary/aromatic N) is 1. The quantitative estimate of drug-likeness (QED) is 0.235. The number of hydrogen-bond donors (Lipinski definition) is 3. The number of unbranched alkanes of at least 4 members (excludes halogenated alkanes) is 8. The Bertz CT molecular complexity index is 966. The Morgan fingerprint density at radius 1 is 1.03 bits per heavy atom. The van der Waals surface area contributed by atoms with Crippen LogP contribution >= 0.6 is 0 Å². The molecule has 0 aromatic carbocycles. The highest BCUT2D eigenvalue weighted by Gasteiger charge is 2.18. The average Bonchev–Trinajstić information content (AvgIpc) is 3.58. The summed E-state index contributed by atoms with van der Waals surface area (Å²) >= 11 is 0. The van der Waals surface area contributed by atoms with Crippen LogP contribution in [0.1, 0.15) is 94.6 Å². The Kier molecular flexibility index (Phi) is 10.8. The molecule has 0 unspecified atom stereocenters. The fraction of sp³-hybridized carbons (Fsp3) is 0.500. The molecular formula is C28H40N4O2. The Morgan fingerprint density at radius 2 is 1.76 bits per heavy atom. The van der Waals surface area contributed by atoms with E-state index in [0.29, 0.717) is 13.0 Å². The maximum absolute atomic E-state index is 10.7. The van der Waals surface area contributed by atoms with Gasteiger partial charge in [-0.1, -0.05) is 51.9 Å². The van der Waals surface area contributed by atoms with Crippen LogP contribution in [0.25, 0.3) is 6.08 Å². The minimum Gasteiger partial charge on any atom is -0.491 e. The largest absolute Gasteiger partial charge is 0.491 e. The number of aromatic nitrogens is 2. The number of hydrogen-bond acceptors (Lipinski definition) is 3. The molecule has 0 bridgehead atoms. The molecule has 3 rings (SSSR count). The van der Waals surface area contributed by atoms with Gasteiger partial charge in [0.15, 0.2) is 0 Å². The van der Waals surface area contributed by atoms with E-state index in [1.807, 2.05) is 24.4 Å². The number of aromatic amines is 2. The molecule has 184 valence electrons. The first kappa shape index (κ1) is 25.6. The Balaban J connectivity index is 1.38. The highest BCUT2D eigenvalue weighted by atomic mass is 16.5. The van der Waals surface area contributed by atoms with Crippen LogP contribution in [0.5, 0.6) is 0 Å². The smallest absolute Gasteiger partial charge is 0.217 e. The molecule has 6 nitrogen and oxygen atoms in total. The van der Waals surface area contributed by atoms with Crippen molar-refractivity contribution in [1.82, 2.24) is 9.97 Å². The molecule has 0 saturated heterocycles. The van der Waals surface area contributed by atoms with Crippen LogP contribution in [-0.2, 0) is 16.0 Å². The van der Waals surface area contributed by atoms with Crippen molar-refractivity contribution in [1.29, 1.82) is 0 Å². The van der Waals surface area contributed by atoms with Crippen molar-refractivity contribution >= 4 is 17.7 Å². The molecule has 4 N–H and O–H groups in total.